The van der Waals surface area contributed by atoms with Crippen LogP contribution in [0.5, 0.6) is 0 Å². The number of imide groups is 1. The maximum atomic E-state index is 12.8. The van der Waals surface area contributed by atoms with Crippen LogP contribution in [0.2, 0.25) is 0 Å². The van der Waals surface area contributed by atoms with E-state index >= 15 is 0 Å². The molecule has 2 heterocycles. The van der Waals surface area contributed by atoms with Gasteiger partial charge in [-0.2, -0.15) is 0 Å². The van der Waals surface area contributed by atoms with Gasteiger partial charge in [0.1, 0.15) is 0 Å². The van der Waals surface area contributed by atoms with Crippen LogP contribution in [0.15, 0.2) is 24.3 Å². The lowest BCUT2D eigenvalue weighted by Gasteiger charge is -2.48. The van der Waals surface area contributed by atoms with Crippen molar-refractivity contribution in [1.82, 2.24) is 15.1 Å². The van der Waals surface area contributed by atoms with Gasteiger partial charge in [-0.25, -0.2) is 0 Å². The van der Waals surface area contributed by atoms with E-state index < -0.39 is 0 Å². The number of carbonyl (C=O) groups is 3. The number of hydrogen-bond donors (Lipinski definition) is 1. The first-order valence-corrected chi connectivity index (χ1v) is 11.1. The Morgan fingerprint density at radius 3 is 2.23 bits per heavy atom. The van der Waals surface area contributed by atoms with Gasteiger partial charge in [-0.05, 0) is 30.5 Å². The van der Waals surface area contributed by atoms with Gasteiger partial charge in [-0.15, -0.1) is 0 Å². The number of amides is 3. The predicted octanol–water partition coefficient (Wildman–Crippen LogP) is 2.10. The number of morpholine rings is 1. The average molecular weight is 414 g/mol. The highest BCUT2D eigenvalue weighted by molar-refractivity contribution is 6.01. The van der Waals surface area contributed by atoms with Gasteiger partial charge < -0.3 is 10.1 Å². The van der Waals surface area contributed by atoms with Crippen LogP contribution in [0.25, 0.3) is 0 Å². The zero-order valence-electron chi connectivity index (χ0n) is 17.5. The van der Waals surface area contributed by atoms with Crippen molar-refractivity contribution in [2.75, 3.05) is 32.8 Å². The molecule has 0 unspecified atom stereocenters. The molecule has 2 aliphatic heterocycles. The monoisotopic (exact) mass is 413 g/mol. The number of nitrogens with one attached hydrogen (secondary N) is 1. The molecule has 0 spiro atoms. The number of benzene rings is 1. The third-order valence-electron chi connectivity index (χ3n) is 6.76. The Bertz CT molecular complexity index is 764. The van der Waals surface area contributed by atoms with Crippen LogP contribution in [0.4, 0.5) is 0 Å². The standard InChI is InChI=1S/C23H31N3O4/c27-20-8-9-21(28)26(20)16-18-4-6-19(7-5-18)22(29)24-17-23(10-2-1-3-11-23)25-12-14-30-15-13-25/h4-7H,1-3,8-17H2,(H,24,29). The van der Waals surface area contributed by atoms with E-state index in [9.17, 15) is 14.4 Å². The summed E-state index contributed by atoms with van der Waals surface area (Å²) in [5.41, 5.74) is 1.49. The Balaban J connectivity index is 1.36. The van der Waals surface area contributed by atoms with E-state index in [0.717, 1.165) is 44.7 Å². The van der Waals surface area contributed by atoms with Crippen molar-refractivity contribution in [2.24, 2.45) is 0 Å². The zero-order valence-corrected chi connectivity index (χ0v) is 17.5. The van der Waals surface area contributed by atoms with Crippen molar-refractivity contribution in [3.05, 3.63) is 35.4 Å². The van der Waals surface area contributed by atoms with Gasteiger partial charge in [0, 0.05) is 43.6 Å². The molecule has 3 aliphatic rings. The molecule has 1 aliphatic carbocycles. The van der Waals surface area contributed by atoms with Gasteiger partial charge in [0.25, 0.3) is 5.91 Å². The first-order valence-electron chi connectivity index (χ1n) is 11.1. The molecule has 1 aromatic rings. The van der Waals surface area contributed by atoms with Crippen molar-refractivity contribution >= 4 is 17.7 Å². The number of carbonyl (C=O) groups excluding carboxylic acids is 3. The molecule has 0 aromatic heterocycles. The van der Waals surface area contributed by atoms with Crippen LogP contribution < -0.4 is 5.32 Å². The largest absolute Gasteiger partial charge is 0.379 e. The van der Waals surface area contributed by atoms with Crippen LogP contribution in [0.1, 0.15) is 60.9 Å². The van der Waals surface area contributed by atoms with Gasteiger partial charge in [-0.3, -0.25) is 24.2 Å². The molecule has 0 atom stereocenters. The summed E-state index contributed by atoms with van der Waals surface area (Å²) in [6.45, 7) is 4.32. The molecule has 162 valence electrons. The minimum absolute atomic E-state index is 0.0358. The van der Waals surface area contributed by atoms with Crippen molar-refractivity contribution < 1.29 is 19.1 Å². The van der Waals surface area contributed by atoms with Crippen molar-refractivity contribution in [1.29, 1.82) is 0 Å². The number of likely N-dealkylation sites (tertiary alicyclic amines) is 1. The second-order valence-electron chi connectivity index (χ2n) is 8.64. The lowest BCUT2D eigenvalue weighted by molar-refractivity contribution is -0.139. The quantitative estimate of drug-likeness (QED) is 0.723. The summed E-state index contributed by atoms with van der Waals surface area (Å²) in [5.74, 6) is -0.321. The second kappa shape index (κ2) is 9.27. The Morgan fingerprint density at radius 2 is 1.60 bits per heavy atom. The van der Waals surface area contributed by atoms with E-state index in [2.05, 4.69) is 10.2 Å². The first kappa shape index (κ1) is 21.0. The van der Waals surface area contributed by atoms with Crippen molar-refractivity contribution in [2.45, 2.75) is 57.0 Å². The topological polar surface area (TPSA) is 79.0 Å². The minimum atomic E-state index is -0.122. The lowest BCUT2D eigenvalue weighted by Crippen LogP contribution is -2.59. The molecule has 1 N–H and O–H groups in total. The smallest absolute Gasteiger partial charge is 0.251 e. The maximum absolute atomic E-state index is 12.8. The van der Waals surface area contributed by atoms with E-state index in [1.54, 1.807) is 12.1 Å². The summed E-state index contributed by atoms with van der Waals surface area (Å²) in [6, 6.07) is 7.20. The van der Waals surface area contributed by atoms with Gasteiger partial charge in [0.15, 0.2) is 0 Å². The van der Waals surface area contributed by atoms with E-state index in [1.807, 2.05) is 12.1 Å². The molecule has 3 amide bonds. The minimum Gasteiger partial charge on any atom is -0.379 e. The van der Waals surface area contributed by atoms with Gasteiger partial charge in [0.2, 0.25) is 11.8 Å². The number of rotatable bonds is 6. The molecule has 7 nitrogen and oxygen atoms in total. The number of ether oxygens (including phenoxy) is 1. The number of nitrogens with zero attached hydrogens (tertiary/aromatic N) is 2. The Morgan fingerprint density at radius 1 is 0.967 bits per heavy atom. The third kappa shape index (κ3) is 4.57. The highest BCUT2D eigenvalue weighted by Crippen LogP contribution is 2.34. The number of hydrogen-bond acceptors (Lipinski definition) is 5. The van der Waals surface area contributed by atoms with E-state index in [-0.39, 0.29) is 29.8 Å². The molecule has 2 saturated heterocycles. The predicted molar refractivity (Wildman–Crippen MR) is 112 cm³/mol. The molecule has 3 fully saturated rings. The van der Waals surface area contributed by atoms with Crippen LogP contribution in [0, 0.1) is 0 Å². The van der Waals surface area contributed by atoms with Crippen molar-refractivity contribution in [3.63, 3.8) is 0 Å². The Labute approximate surface area is 177 Å². The molecule has 0 radical (unpaired) electrons. The van der Waals surface area contributed by atoms with Crippen LogP contribution >= 0.6 is 0 Å². The highest BCUT2D eigenvalue weighted by atomic mass is 16.5. The Hall–Kier alpha value is -2.25. The highest BCUT2D eigenvalue weighted by Gasteiger charge is 2.38. The summed E-state index contributed by atoms with van der Waals surface area (Å²) in [5, 5.41) is 3.17. The van der Waals surface area contributed by atoms with Gasteiger partial charge >= 0.3 is 0 Å². The summed E-state index contributed by atoms with van der Waals surface area (Å²) in [6.07, 6.45) is 6.50. The molecule has 30 heavy (non-hydrogen) atoms. The zero-order chi connectivity index (χ0) is 21.0. The molecular formula is C23H31N3O4. The third-order valence-corrected chi connectivity index (χ3v) is 6.76. The van der Waals surface area contributed by atoms with Gasteiger partial charge in [0.05, 0.1) is 19.8 Å². The maximum Gasteiger partial charge on any atom is 0.251 e. The van der Waals surface area contributed by atoms with Gasteiger partial charge in [-0.1, -0.05) is 31.4 Å². The van der Waals surface area contributed by atoms with Crippen LogP contribution in [0.3, 0.4) is 0 Å². The lowest BCUT2D eigenvalue weighted by atomic mass is 9.79. The second-order valence-corrected chi connectivity index (χ2v) is 8.64. The molecule has 1 aromatic carbocycles. The molecule has 4 rings (SSSR count). The molecular weight excluding hydrogens is 382 g/mol. The fraction of sp³-hybridized carbons (Fsp3) is 0.609. The first-order chi connectivity index (χ1) is 14.6. The molecule has 7 heteroatoms. The summed E-state index contributed by atoms with van der Waals surface area (Å²) >= 11 is 0. The van der Waals surface area contributed by atoms with E-state index in [0.29, 0.717) is 24.9 Å². The average Bonchev–Trinajstić information content (AvgIpc) is 3.11. The Kier molecular flexibility index (Phi) is 6.49. The van der Waals surface area contributed by atoms with Crippen molar-refractivity contribution in [3.8, 4) is 0 Å². The summed E-state index contributed by atoms with van der Waals surface area (Å²) < 4.78 is 5.53. The van der Waals surface area contributed by atoms with E-state index in [4.69, 9.17) is 4.74 Å². The fourth-order valence-electron chi connectivity index (χ4n) is 4.94. The molecule has 1 saturated carbocycles. The summed E-state index contributed by atoms with van der Waals surface area (Å²) in [4.78, 5) is 40.2. The van der Waals surface area contributed by atoms with Crippen LogP contribution in [-0.4, -0.2) is 65.9 Å². The normalized spacial score (nSPS) is 22.3. The molecule has 0 bridgehead atoms. The fourth-order valence-corrected chi connectivity index (χ4v) is 4.94. The van der Waals surface area contributed by atoms with Crippen LogP contribution in [-0.2, 0) is 20.9 Å². The van der Waals surface area contributed by atoms with E-state index in [1.165, 1.54) is 24.2 Å². The SMILES string of the molecule is O=C(NCC1(N2CCOCC2)CCCCC1)c1ccc(CN2C(=O)CCC2=O)cc1. The summed E-state index contributed by atoms with van der Waals surface area (Å²) in [7, 11) is 0.